The number of thiazole rings is 1. The van der Waals surface area contributed by atoms with Gasteiger partial charge in [-0.05, 0) is 65.4 Å². The van der Waals surface area contributed by atoms with Gasteiger partial charge in [-0.2, -0.15) is 0 Å². The van der Waals surface area contributed by atoms with E-state index >= 15 is 0 Å². The molecule has 0 aliphatic carbocycles. The van der Waals surface area contributed by atoms with Gasteiger partial charge in [0, 0.05) is 5.56 Å². The van der Waals surface area contributed by atoms with Gasteiger partial charge in [-0.1, -0.05) is 121 Å². The Bertz CT molecular complexity index is 2280. The number of fused-ring (bicyclic) bond motifs is 1. The highest BCUT2D eigenvalue weighted by Gasteiger charge is 2.35. The average Bonchev–Trinajstić information content (AvgIpc) is 3.42. The summed E-state index contributed by atoms with van der Waals surface area (Å²) in [4.78, 5) is 33.5. The number of ether oxygens (including phenoxy) is 3. The molecule has 11 heteroatoms. The van der Waals surface area contributed by atoms with Crippen molar-refractivity contribution < 1.29 is 19.0 Å². The Morgan fingerprint density at radius 1 is 0.960 bits per heavy atom. The zero-order valence-corrected chi connectivity index (χ0v) is 30.8. The molecule has 5 aromatic rings. The van der Waals surface area contributed by atoms with Crippen molar-refractivity contribution in [3.05, 3.63) is 153 Å². The molecule has 4 aromatic carbocycles. The summed E-state index contributed by atoms with van der Waals surface area (Å²) in [6.45, 7) is 6.33. The van der Waals surface area contributed by atoms with Gasteiger partial charge in [0.1, 0.15) is 6.61 Å². The first kappa shape index (κ1) is 35.5. The lowest BCUT2D eigenvalue weighted by atomic mass is 9.91. The van der Waals surface area contributed by atoms with Crippen LogP contribution in [0.1, 0.15) is 60.5 Å². The van der Waals surface area contributed by atoms with E-state index in [1.165, 1.54) is 18.4 Å². The number of hydrogen-bond acceptors (Lipinski definition) is 7. The highest BCUT2D eigenvalue weighted by atomic mass is 35.5. The van der Waals surface area contributed by atoms with Crippen LogP contribution >= 0.6 is 46.1 Å². The van der Waals surface area contributed by atoms with Gasteiger partial charge in [-0.25, -0.2) is 9.79 Å². The molecule has 0 bridgehead atoms. The molecule has 50 heavy (non-hydrogen) atoms. The zero-order valence-electron chi connectivity index (χ0n) is 27.7. The molecule has 0 fully saturated rings. The van der Waals surface area contributed by atoms with Crippen LogP contribution in [0.25, 0.3) is 11.8 Å². The molecule has 7 nitrogen and oxygen atoms in total. The fourth-order valence-corrected chi connectivity index (χ4v) is 7.31. The Labute approximate surface area is 308 Å². The third kappa shape index (κ3) is 7.25. The van der Waals surface area contributed by atoms with Gasteiger partial charge in [0.2, 0.25) is 0 Å². The second-order valence-corrected chi connectivity index (χ2v) is 14.1. The molecule has 1 aliphatic rings. The number of benzene rings is 4. The summed E-state index contributed by atoms with van der Waals surface area (Å²) in [5, 5.41) is 1.16. The van der Waals surface area contributed by atoms with Crippen molar-refractivity contribution in [2.24, 2.45) is 4.99 Å². The summed E-state index contributed by atoms with van der Waals surface area (Å²) in [6.07, 6.45) is 1.73. The van der Waals surface area contributed by atoms with Gasteiger partial charge in [-0.15, -0.1) is 0 Å². The highest BCUT2D eigenvalue weighted by Crippen LogP contribution is 2.38. The molecular formula is C39H33Cl3N2O5S. The van der Waals surface area contributed by atoms with Crippen molar-refractivity contribution in [2.75, 3.05) is 13.7 Å². The number of nitrogens with zero attached hydrogens (tertiary/aromatic N) is 2. The minimum Gasteiger partial charge on any atom is -0.493 e. The van der Waals surface area contributed by atoms with E-state index in [1.54, 1.807) is 41.8 Å². The number of carbonyl (C=O) groups excluding carboxylic acids is 1. The third-order valence-corrected chi connectivity index (χ3v) is 10.2. The average molecular weight is 748 g/mol. The largest absolute Gasteiger partial charge is 0.493 e. The van der Waals surface area contributed by atoms with Crippen molar-refractivity contribution in [3.8, 4) is 11.5 Å². The topological polar surface area (TPSA) is 79.1 Å². The normalized spacial score (nSPS) is 14.4. The smallest absolute Gasteiger partial charge is 0.338 e. The Hall–Kier alpha value is -4.34. The van der Waals surface area contributed by atoms with E-state index in [9.17, 15) is 9.59 Å². The molecule has 1 atom stereocenters. The van der Waals surface area contributed by atoms with Crippen LogP contribution in [-0.4, -0.2) is 24.3 Å². The molecule has 6 rings (SSSR count). The molecule has 256 valence electrons. The summed E-state index contributed by atoms with van der Waals surface area (Å²) in [5.74, 6) is 0.503. The van der Waals surface area contributed by atoms with Crippen LogP contribution in [0.4, 0.5) is 0 Å². The van der Waals surface area contributed by atoms with Gasteiger partial charge in [0.25, 0.3) is 5.56 Å². The fourth-order valence-electron chi connectivity index (χ4n) is 5.72. The third-order valence-electron chi connectivity index (χ3n) is 8.21. The van der Waals surface area contributed by atoms with E-state index in [1.807, 2.05) is 60.7 Å². The summed E-state index contributed by atoms with van der Waals surface area (Å²) in [5.41, 5.74) is 4.51. The second kappa shape index (κ2) is 15.3. The Morgan fingerprint density at radius 2 is 1.70 bits per heavy atom. The standard InChI is InChI=1S/C39H33Cl3N2O5S/c1-5-48-38(46)33-34(26-9-7-6-8-10-26)43-39-44(35(33)27-14-12-25(13-15-27)22(2)3)37(45)32(50-39)20-24-18-30(42)36(31(19-24)47-4)49-21-23-11-16-28(40)29(41)17-23/h6-20,22,35H,5,21H2,1-4H3/b32-20-/t35-/m1/s1. The van der Waals surface area contributed by atoms with E-state index in [0.29, 0.717) is 58.7 Å². The lowest BCUT2D eigenvalue weighted by molar-refractivity contribution is -0.138. The van der Waals surface area contributed by atoms with Crippen molar-refractivity contribution in [3.63, 3.8) is 0 Å². The molecule has 0 saturated carbocycles. The van der Waals surface area contributed by atoms with Crippen molar-refractivity contribution in [1.82, 2.24) is 4.57 Å². The van der Waals surface area contributed by atoms with Crippen molar-refractivity contribution in [1.29, 1.82) is 0 Å². The lowest BCUT2D eigenvalue weighted by Crippen LogP contribution is -2.40. The maximum atomic E-state index is 14.4. The van der Waals surface area contributed by atoms with Crippen LogP contribution < -0.4 is 24.4 Å². The summed E-state index contributed by atoms with van der Waals surface area (Å²) >= 11 is 20.2. The van der Waals surface area contributed by atoms with Crippen molar-refractivity contribution >= 4 is 63.9 Å². The SMILES string of the molecule is CCOC(=O)C1=C(c2ccccc2)N=c2s/c(=C\c3cc(Cl)c(OCc4ccc(Cl)c(Cl)c4)c(OC)c3)c(=O)n2[C@@H]1c1ccc(C(C)C)cc1. The van der Waals surface area contributed by atoms with Crippen LogP contribution in [0.2, 0.25) is 15.1 Å². The first-order valence-corrected chi connectivity index (χ1v) is 17.9. The number of rotatable bonds is 10. The maximum Gasteiger partial charge on any atom is 0.338 e. The molecule has 0 spiro atoms. The molecule has 0 N–H and O–H groups in total. The lowest BCUT2D eigenvalue weighted by Gasteiger charge is -2.26. The summed E-state index contributed by atoms with van der Waals surface area (Å²) < 4.78 is 19.2. The van der Waals surface area contributed by atoms with E-state index < -0.39 is 12.0 Å². The van der Waals surface area contributed by atoms with Crippen LogP contribution in [0.15, 0.2) is 100 Å². The molecule has 0 saturated heterocycles. The number of halogens is 3. The van der Waals surface area contributed by atoms with E-state index in [-0.39, 0.29) is 18.8 Å². The number of hydrogen-bond donors (Lipinski definition) is 0. The quantitative estimate of drug-likeness (QED) is 0.134. The minimum absolute atomic E-state index is 0.170. The molecular weight excluding hydrogens is 715 g/mol. The fraction of sp³-hybridized carbons (Fsp3) is 0.205. The number of methoxy groups -OCH3 is 1. The Balaban J connectivity index is 1.48. The number of esters is 1. The van der Waals surface area contributed by atoms with Crippen LogP contribution in [0.5, 0.6) is 11.5 Å². The van der Waals surface area contributed by atoms with Crippen LogP contribution in [-0.2, 0) is 16.1 Å². The first-order valence-electron chi connectivity index (χ1n) is 15.9. The summed E-state index contributed by atoms with van der Waals surface area (Å²) in [6, 6.07) is 25.3. The van der Waals surface area contributed by atoms with Gasteiger partial charge in [0.15, 0.2) is 16.3 Å². The molecule has 2 heterocycles. The van der Waals surface area contributed by atoms with Gasteiger partial charge >= 0.3 is 5.97 Å². The van der Waals surface area contributed by atoms with E-state index in [4.69, 9.17) is 54.0 Å². The van der Waals surface area contributed by atoms with Gasteiger partial charge in [0.05, 0.1) is 50.6 Å². The summed E-state index contributed by atoms with van der Waals surface area (Å²) in [7, 11) is 1.52. The van der Waals surface area contributed by atoms with E-state index in [0.717, 1.165) is 22.3 Å². The molecule has 1 aliphatic heterocycles. The molecule has 0 unspecified atom stereocenters. The second-order valence-electron chi connectivity index (χ2n) is 11.8. The Kier molecular flexibility index (Phi) is 10.8. The highest BCUT2D eigenvalue weighted by molar-refractivity contribution is 7.07. The molecule has 0 radical (unpaired) electrons. The zero-order chi connectivity index (χ0) is 35.5. The van der Waals surface area contributed by atoms with Gasteiger partial charge < -0.3 is 14.2 Å². The van der Waals surface area contributed by atoms with E-state index in [2.05, 4.69) is 13.8 Å². The maximum absolute atomic E-state index is 14.4. The number of aromatic nitrogens is 1. The van der Waals surface area contributed by atoms with Crippen LogP contribution in [0, 0.1) is 0 Å². The van der Waals surface area contributed by atoms with Crippen LogP contribution in [0.3, 0.4) is 0 Å². The van der Waals surface area contributed by atoms with Gasteiger partial charge in [-0.3, -0.25) is 9.36 Å². The monoisotopic (exact) mass is 746 g/mol. The predicted molar refractivity (Wildman–Crippen MR) is 200 cm³/mol. The first-order chi connectivity index (χ1) is 24.1. The Morgan fingerprint density at radius 3 is 2.36 bits per heavy atom. The number of carbonyl (C=O) groups is 1. The van der Waals surface area contributed by atoms with Crippen molar-refractivity contribution in [2.45, 2.75) is 39.3 Å². The molecule has 0 amide bonds. The minimum atomic E-state index is -0.779. The predicted octanol–water partition coefficient (Wildman–Crippen LogP) is 8.61. The molecule has 1 aromatic heterocycles.